The Morgan fingerprint density at radius 3 is 2.76 bits per heavy atom. The summed E-state index contributed by atoms with van der Waals surface area (Å²) in [7, 11) is 0. The van der Waals surface area contributed by atoms with E-state index in [1.54, 1.807) is 11.3 Å². The molecule has 17 heavy (non-hydrogen) atoms. The van der Waals surface area contributed by atoms with Crippen LogP contribution in [0.15, 0.2) is 11.6 Å². The highest BCUT2D eigenvalue weighted by Gasteiger charge is 2.22. The van der Waals surface area contributed by atoms with Crippen molar-refractivity contribution in [2.45, 2.75) is 19.4 Å². The first kappa shape index (κ1) is 12.7. The van der Waals surface area contributed by atoms with E-state index >= 15 is 0 Å². The molecule has 2 rings (SSSR count). The molecule has 0 saturated carbocycles. The van der Waals surface area contributed by atoms with Gasteiger partial charge < -0.3 is 10.6 Å². The lowest BCUT2D eigenvalue weighted by atomic mass is 10.2. The van der Waals surface area contributed by atoms with Crippen molar-refractivity contribution in [3.8, 4) is 0 Å². The minimum absolute atomic E-state index is 0.450. The van der Waals surface area contributed by atoms with Gasteiger partial charge in [-0.15, -0.1) is 11.3 Å². The van der Waals surface area contributed by atoms with Gasteiger partial charge in [0.2, 0.25) is 0 Å². The molecule has 2 N–H and O–H groups in total. The monoisotopic (exact) mass is 270 g/mol. The smallest absolute Gasteiger partial charge is 0.185 e. The summed E-state index contributed by atoms with van der Waals surface area (Å²) in [4.78, 5) is 9.74. The van der Waals surface area contributed by atoms with Gasteiger partial charge in [-0.3, -0.25) is 4.90 Å². The van der Waals surface area contributed by atoms with E-state index < -0.39 is 0 Å². The van der Waals surface area contributed by atoms with Crippen molar-refractivity contribution in [3.63, 3.8) is 0 Å². The molecule has 0 bridgehead atoms. The van der Waals surface area contributed by atoms with Crippen LogP contribution in [-0.2, 0) is 0 Å². The number of rotatable bonds is 4. The molecular weight excluding hydrogens is 252 g/mol. The number of thiazole rings is 1. The summed E-state index contributed by atoms with van der Waals surface area (Å²) in [6.45, 7) is 6.38. The molecule has 94 valence electrons. The maximum atomic E-state index is 5.59. The fourth-order valence-electron chi connectivity index (χ4n) is 2.15. The van der Waals surface area contributed by atoms with Crippen LogP contribution in [0.2, 0.25) is 0 Å². The van der Waals surface area contributed by atoms with E-state index in [1.807, 2.05) is 11.6 Å². The number of anilines is 1. The zero-order valence-electron chi connectivity index (χ0n) is 10.0. The highest BCUT2D eigenvalue weighted by atomic mass is 32.1. The van der Waals surface area contributed by atoms with Crippen LogP contribution < -0.4 is 10.6 Å². The molecule has 0 radical (unpaired) electrons. The molecule has 0 aromatic carbocycles. The third-order valence-electron chi connectivity index (χ3n) is 3.12. The van der Waals surface area contributed by atoms with Gasteiger partial charge >= 0.3 is 0 Å². The quantitative estimate of drug-likeness (QED) is 0.836. The number of aromatic nitrogens is 1. The van der Waals surface area contributed by atoms with E-state index in [1.165, 1.54) is 0 Å². The third kappa shape index (κ3) is 3.37. The van der Waals surface area contributed by atoms with Crippen LogP contribution in [0.4, 0.5) is 5.13 Å². The summed E-state index contributed by atoms with van der Waals surface area (Å²) < 4.78 is 0. The van der Waals surface area contributed by atoms with E-state index in [-0.39, 0.29) is 0 Å². The first-order valence-corrected chi connectivity index (χ1v) is 7.12. The number of nitrogens with zero attached hydrogens (tertiary/aromatic N) is 3. The van der Waals surface area contributed by atoms with Crippen molar-refractivity contribution in [1.82, 2.24) is 9.88 Å². The van der Waals surface area contributed by atoms with Crippen LogP contribution in [0, 0.1) is 0 Å². The van der Waals surface area contributed by atoms with E-state index in [0.29, 0.717) is 11.0 Å². The average Bonchev–Trinajstić information content (AvgIpc) is 2.82. The molecule has 1 aromatic rings. The first-order valence-electron chi connectivity index (χ1n) is 5.83. The van der Waals surface area contributed by atoms with Gasteiger partial charge in [0, 0.05) is 50.2 Å². The van der Waals surface area contributed by atoms with Crippen molar-refractivity contribution in [2.24, 2.45) is 5.73 Å². The lowest BCUT2D eigenvalue weighted by Crippen LogP contribution is -2.50. The Morgan fingerprint density at radius 1 is 1.53 bits per heavy atom. The molecule has 0 spiro atoms. The Bertz CT molecular complexity index is 358. The van der Waals surface area contributed by atoms with Gasteiger partial charge in [0.05, 0.1) is 4.99 Å². The Labute approximate surface area is 111 Å². The molecule has 0 aliphatic carbocycles. The summed E-state index contributed by atoms with van der Waals surface area (Å²) in [5, 5.41) is 3.16. The standard InChI is InChI=1S/C11H18N4S2/c1-9(8-10(12)16)14-3-5-15(6-4-14)11-13-2-7-17-11/h2,7,9H,3-6,8H2,1H3,(H2,12,16). The van der Waals surface area contributed by atoms with Crippen LogP contribution in [0.25, 0.3) is 0 Å². The summed E-state index contributed by atoms with van der Waals surface area (Å²) in [6, 6.07) is 0.450. The summed E-state index contributed by atoms with van der Waals surface area (Å²) in [5.74, 6) is 0. The zero-order chi connectivity index (χ0) is 12.3. The number of hydrogen-bond acceptors (Lipinski definition) is 5. The van der Waals surface area contributed by atoms with E-state index in [4.69, 9.17) is 18.0 Å². The normalized spacial score (nSPS) is 19.2. The van der Waals surface area contributed by atoms with Crippen molar-refractivity contribution >= 4 is 33.7 Å². The maximum absolute atomic E-state index is 5.59. The molecule has 2 heterocycles. The minimum atomic E-state index is 0.450. The molecule has 6 heteroatoms. The van der Waals surface area contributed by atoms with Gasteiger partial charge in [0.1, 0.15) is 0 Å². The molecule has 1 aliphatic rings. The van der Waals surface area contributed by atoms with Gasteiger partial charge in [-0.25, -0.2) is 4.98 Å². The lowest BCUT2D eigenvalue weighted by Gasteiger charge is -2.37. The van der Waals surface area contributed by atoms with Gasteiger partial charge in [0.15, 0.2) is 5.13 Å². The third-order valence-corrected chi connectivity index (χ3v) is 4.12. The van der Waals surface area contributed by atoms with E-state index in [9.17, 15) is 0 Å². The number of hydrogen-bond donors (Lipinski definition) is 1. The highest BCUT2D eigenvalue weighted by molar-refractivity contribution is 7.80. The Hall–Kier alpha value is -0.720. The van der Waals surface area contributed by atoms with E-state index in [2.05, 4.69) is 21.7 Å². The maximum Gasteiger partial charge on any atom is 0.185 e. The van der Waals surface area contributed by atoms with Gasteiger partial charge in [0.25, 0.3) is 0 Å². The summed E-state index contributed by atoms with van der Waals surface area (Å²) >= 11 is 6.67. The van der Waals surface area contributed by atoms with Crippen molar-refractivity contribution in [2.75, 3.05) is 31.1 Å². The Kier molecular flexibility index (Phi) is 4.31. The molecular formula is C11H18N4S2. The second-order valence-electron chi connectivity index (χ2n) is 4.36. The molecule has 1 fully saturated rings. The predicted molar refractivity (Wildman–Crippen MR) is 76.8 cm³/mol. The summed E-state index contributed by atoms with van der Waals surface area (Å²) in [5.41, 5.74) is 5.59. The van der Waals surface area contributed by atoms with Gasteiger partial charge in [-0.05, 0) is 6.92 Å². The predicted octanol–water partition coefficient (Wildman–Crippen LogP) is 1.33. The van der Waals surface area contributed by atoms with Crippen LogP contribution in [0.5, 0.6) is 0 Å². The molecule has 1 unspecified atom stereocenters. The van der Waals surface area contributed by atoms with Gasteiger partial charge in [-0.2, -0.15) is 0 Å². The molecule has 1 atom stereocenters. The SMILES string of the molecule is CC(CC(N)=S)N1CCN(c2nccs2)CC1. The van der Waals surface area contributed by atoms with Crippen molar-refractivity contribution in [3.05, 3.63) is 11.6 Å². The highest BCUT2D eigenvalue weighted by Crippen LogP contribution is 2.19. The molecule has 4 nitrogen and oxygen atoms in total. The number of piperazine rings is 1. The Morgan fingerprint density at radius 2 is 2.24 bits per heavy atom. The average molecular weight is 270 g/mol. The Balaban J connectivity index is 1.83. The first-order chi connectivity index (χ1) is 8.16. The van der Waals surface area contributed by atoms with Crippen LogP contribution in [0.3, 0.4) is 0 Å². The van der Waals surface area contributed by atoms with Crippen LogP contribution >= 0.6 is 23.6 Å². The molecule has 1 aromatic heterocycles. The molecule has 0 amide bonds. The molecule has 1 aliphatic heterocycles. The van der Waals surface area contributed by atoms with Crippen LogP contribution in [-0.4, -0.2) is 47.1 Å². The van der Waals surface area contributed by atoms with E-state index in [0.717, 1.165) is 37.7 Å². The second kappa shape index (κ2) is 5.75. The zero-order valence-corrected chi connectivity index (χ0v) is 11.6. The number of nitrogens with two attached hydrogens (primary N) is 1. The largest absolute Gasteiger partial charge is 0.393 e. The van der Waals surface area contributed by atoms with Crippen molar-refractivity contribution < 1.29 is 0 Å². The lowest BCUT2D eigenvalue weighted by molar-refractivity contribution is 0.201. The fourth-order valence-corrected chi connectivity index (χ4v) is 3.08. The van der Waals surface area contributed by atoms with Crippen molar-refractivity contribution in [1.29, 1.82) is 0 Å². The topological polar surface area (TPSA) is 45.4 Å². The fraction of sp³-hybridized carbons (Fsp3) is 0.636. The molecule has 1 saturated heterocycles. The minimum Gasteiger partial charge on any atom is -0.393 e. The van der Waals surface area contributed by atoms with Crippen LogP contribution in [0.1, 0.15) is 13.3 Å². The second-order valence-corrected chi connectivity index (χ2v) is 5.75. The summed E-state index contributed by atoms with van der Waals surface area (Å²) in [6.07, 6.45) is 2.68. The number of thiocarbonyl (C=S) groups is 1. The van der Waals surface area contributed by atoms with Gasteiger partial charge in [-0.1, -0.05) is 12.2 Å².